The van der Waals surface area contributed by atoms with Crippen molar-refractivity contribution >= 4 is 49.9 Å². The van der Waals surface area contributed by atoms with Gasteiger partial charge >= 0.3 is 0 Å². The molecule has 0 aliphatic heterocycles. The topological polar surface area (TPSA) is 56.5 Å². The summed E-state index contributed by atoms with van der Waals surface area (Å²) in [5, 5.41) is 13.5. The van der Waals surface area contributed by atoms with Crippen LogP contribution in [0.15, 0.2) is 56.7 Å². The number of rotatable bonds is 4. The molecule has 0 atom stereocenters. The van der Waals surface area contributed by atoms with Gasteiger partial charge in [0, 0.05) is 16.4 Å². The standard InChI is InChI=1S/C16H12BrN5S2/c1-2-22-14(13-4-3-7-23-13)20-21-16(22)24-15-11-8-10(17)5-6-12(11)18-9-19-15/h3-9H,2H2,1H3. The van der Waals surface area contributed by atoms with Gasteiger partial charge in [-0.15, -0.1) is 21.5 Å². The van der Waals surface area contributed by atoms with Crippen LogP contribution in [0.5, 0.6) is 0 Å². The molecule has 0 amide bonds. The minimum absolute atomic E-state index is 0.801. The number of nitrogens with zero attached hydrogens (tertiary/aromatic N) is 5. The van der Waals surface area contributed by atoms with Crippen LogP contribution in [-0.2, 0) is 6.54 Å². The van der Waals surface area contributed by atoms with Crippen LogP contribution in [0.3, 0.4) is 0 Å². The maximum absolute atomic E-state index is 4.44. The van der Waals surface area contributed by atoms with Gasteiger partial charge in [-0.05, 0) is 48.3 Å². The molecule has 3 heterocycles. The van der Waals surface area contributed by atoms with Crippen molar-refractivity contribution in [2.45, 2.75) is 23.7 Å². The lowest BCUT2D eigenvalue weighted by molar-refractivity contribution is 0.687. The molecule has 0 spiro atoms. The second kappa shape index (κ2) is 6.62. The smallest absolute Gasteiger partial charge is 0.197 e. The number of halogens is 1. The Labute approximate surface area is 155 Å². The zero-order chi connectivity index (χ0) is 16.5. The molecule has 8 heteroatoms. The molecule has 0 aliphatic carbocycles. The maximum Gasteiger partial charge on any atom is 0.197 e. The monoisotopic (exact) mass is 417 g/mol. The van der Waals surface area contributed by atoms with E-state index in [1.165, 1.54) is 11.8 Å². The lowest BCUT2D eigenvalue weighted by Gasteiger charge is -2.07. The van der Waals surface area contributed by atoms with Gasteiger partial charge in [0.25, 0.3) is 0 Å². The highest BCUT2D eigenvalue weighted by Crippen LogP contribution is 2.33. The first kappa shape index (κ1) is 15.7. The van der Waals surface area contributed by atoms with Gasteiger partial charge < -0.3 is 4.57 Å². The molecule has 0 fully saturated rings. The molecule has 1 aromatic carbocycles. The van der Waals surface area contributed by atoms with E-state index in [2.05, 4.69) is 53.7 Å². The van der Waals surface area contributed by atoms with Crippen LogP contribution in [0, 0.1) is 0 Å². The number of hydrogen-bond acceptors (Lipinski definition) is 6. The predicted molar refractivity (Wildman–Crippen MR) is 100 cm³/mol. The van der Waals surface area contributed by atoms with Gasteiger partial charge in [-0.3, -0.25) is 0 Å². The highest BCUT2D eigenvalue weighted by molar-refractivity contribution is 9.10. The van der Waals surface area contributed by atoms with Crippen molar-refractivity contribution in [3.63, 3.8) is 0 Å². The average Bonchev–Trinajstić information content (AvgIpc) is 3.24. The fourth-order valence-electron chi connectivity index (χ4n) is 2.41. The fraction of sp³-hybridized carbons (Fsp3) is 0.125. The molecule has 3 aromatic heterocycles. The van der Waals surface area contributed by atoms with Gasteiger partial charge in [0.1, 0.15) is 11.4 Å². The van der Waals surface area contributed by atoms with Crippen molar-refractivity contribution in [2.24, 2.45) is 0 Å². The fourth-order valence-corrected chi connectivity index (χ4v) is 4.44. The van der Waals surface area contributed by atoms with Crippen molar-refractivity contribution in [2.75, 3.05) is 0 Å². The van der Waals surface area contributed by atoms with Crippen LogP contribution in [-0.4, -0.2) is 24.7 Å². The Balaban J connectivity index is 1.78. The molecule has 0 aliphatic rings. The first-order valence-electron chi connectivity index (χ1n) is 7.31. The predicted octanol–water partition coefficient (Wildman–Crippen LogP) is 4.88. The highest BCUT2D eigenvalue weighted by atomic mass is 79.9. The Hall–Kier alpha value is -1.77. The van der Waals surface area contributed by atoms with Crippen molar-refractivity contribution < 1.29 is 0 Å². The molecule has 4 aromatic rings. The molecule has 0 saturated carbocycles. The van der Waals surface area contributed by atoms with Gasteiger partial charge in [-0.1, -0.05) is 22.0 Å². The molecular weight excluding hydrogens is 406 g/mol. The third-order valence-electron chi connectivity index (χ3n) is 3.52. The minimum atomic E-state index is 0.801. The number of hydrogen-bond donors (Lipinski definition) is 0. The summed E-state index contributed by atoms with van der Waals surface area (Å²) in [7, 11) is 0. The third-order valence-corrected chi connectivity index (χ3v) is 5.89. The highest BCUT2D eigenvalue weighted by Gasteiger charge is 2.16. The van der Waals surface area contributed by atoms with E-state index in [-0.39, 0.29) is 0 Å². The van der Waals surface area contributed by atoms with Crippen molar-refractivity contribution in [3.05, 3.63) is 46.5 Å². The van der Waals surface area contributed by atoms with Gasteiger partial charge in [0.05, 0.1) is 10.4 Å². The largest absolute Gasteiger partial charge is 0.301 e. The molecule has 0 bridgehead atoms. The second-order valence-electron chi connectivity index (χ2n) is 4.97. The summed E-state index contributed by atoms with van der Waals surface area (Å²) < 4.78 is 3.12. The Morgan fingerprint density at radius 2 is 2.12 bits per heavy atom. The summed E-state index contributed by atoms with van der Waals surface area (Å²) in [6.07, 6.45) is 1.59. The first-order chi connectivity index (χ1) is 11.8. The molecule has 0 unspecified atom stereocenters. The van der Waals surface area contributed by atoms with Crippen LogP contribution in [0.1, 0.15) is 6.92 Å². The molecule has 0 saturated heterocycles. The Bertz CT molecular complexity index is 997. The summed E-state index contributed by atoms with van der Waals surface area (Å²) in [5.74, 6) is 0.898. The third kappa shape index (κ3) is 2.85. The average molecular weight is 418 g/mol. The van der Waals surface area contributed by atoms with Crippen molar-refractivity contribution in [1.29, 1.82) is 0 Å². The van der Waals surface area contributed by atoms with Crippen LogP contribution in [0.25, 0.3) is 21.6 Å². The van der Waals surface area contributed by atoms with Gasteiger partial charge in [0.2, 0.25) is 0 Å². The van der Waals surface area contributed by atoms with Crippen molar-refractivity contribution in [1.82, 2.24) is 24.7 Å². The second-order valence-corrected chi connectivity index (χ2v) is 7.79. The zero-order valence-electron chi connectivity index (χ0n) is 12.7. The summed E-state index contributed by atoms with van der Waals surface area (Å²) in [5.41, 5.74) is 0.914. The normalized spacial score (nSPS) is 11.2. The Morgan fingerprint density at radius 3 is 2.92 bits per heavy atom. The van der Waals surface area contributed by atoms with E-state index in [0.29, 0.717) is 0 Å². The number of fused-ring (bicyclic) bond motifs is 1. The van der Waals surface area contributed by atoms with Gasteiger partial charge in [-0.2, -0.15) is 0 Å². The molecule has 0 radical (unpaired) electrons. The van der Waals surface area contributed by atoms with E-state index in [4.69, 9.17) is 0 Å². The van der Waals surface area contributed by atoms with Gasteiger partial charge in [0.15, 0.2) is 11.0 Å². The molecule has 120 valence electrons. The quantitative estimate of drug-likeness (QED) is 0.442. The van der Waals surface area contributed by atoms with E-state index in [0.717, 1.165) is 42.8 Å². The lowest BCUT2D eigenvalue weighted by atomic mass is 10.2. The summed E-state index contributed by atoms with van der Waals surface area (Å²) in [6.45, 7) is 2.90. The summed E-state index contributed by atoms with van der Waals surface area (Å²) >= 11 is 6.70. The Morgan fingerprint density at radius 1 is 1.21 bits per heavy atom. The van der Waals surface area contributed by atoms with Crippen molar-refractivity contribution in [3.8, 4) is 10.7 Å². The number of thiophene rings is 1. The van der Waals surface area contributed by atoms with Crippen LogP contribution < -0.4 is 0 Å². The van der Waals surface area contributed by atoms with Crippen LogP contribution in [0.4, 0.5) is 0 Å². The molecule has 0 N–H and O–H groups in total. The lowest BCUT2D eigenvalue weighted by Crippen LogP contribution is -1.99. The molecule has 5 nitrogen and oxygen atoms in total. The number of aromatic nitrogens is 5. The maximum atomic E-state index is 4.44. The molecule has 24 heavy (non-hydrogen) atoms. The van der Waals surface area contributed by atoms with Crippen LogP contribution in [0.2, 0.25) is 0 Å². The van der Waals surface area contributed by atoms with E-state index in [9.17, 15) is 0 Å². The summed E-state index contributed by atoms with van der Waals surface area (Å²) in [4.78, 5) is 9.89. The van der Waals surface area contributed by atoms with E-state index in [1.54, 1.807) is 17.7 Å². The molecular formula is C16H12BrN5S2. The van der Waals surface area contributed by atoms with E-state index >= 15 is 0 Å². The van der Waals surface area contributed by atoms with E-state index in [1.807, 2.05) is 29.6 Å². The minimum Gasteiger partial charge on any atom is -0.301 e. The molecule has 4 rings (SSSR count). The zero-order valence-corrected chi connectivity index (χ0v) is 15.9. The number of benzene rings is 1. The SMILES string of the molecule is CCn1c(Sc2ncnc3ccc(Br)cc23)nnc1-c1cccs1. The van der Waals surface area contributed by atoms with E-state index < -0.39 is 0 Å². The van der Waals surface area contributed by atoms with Crippen LogP contribution >= 0.6 is 39.0 Å². The van der Waals surface area contributed by atoms with Gasteiger partial charge in [-0.25, -0.2) is 9.97 Å². The first-order valence-corrected chi connectivity index (χ1v) is 9.80. The summed E-state index contributed by atoms with van der Waals surface area (Å²) in [6, 6.07) is 10.1. The Kier molecular flexibility index (Phi) is 4.34.